The fourth-order valence-electron chi connectivity index (χ4n) is 3.14. The Morgan fingerprint density at radius 3 is 2.65 bits per heavy atom. The van der Waals surface area contributed by atoms with Crippen molar-refractivity contribution in [1.29, 1.82) is 0 Å². The average molecular weight is 420 g/mol. The van der Waals surface area contributed by atoms with Crippen molar-refractivity contribution >= 4 is 17.0 Å². The molecule has 31 heavy (non-hydrogen) atoms. The molecule has 4 aromatic rings. The van der Waals surface area contributed by atoms with Gasteiger partial charge in [-0.3, -0.25) is 4.79 Å². The fourth-order valence-corrected chi connectivity index (χ4v) is 3.14. The molecule has 0 spiro atoms. The summed E-state index contributed by atoms with van der Waals surface area (Å²) in [6.45, 7) is 3.92. The van der Waals surface area contributed by atoms with Gasteiger partial charge in [0.15, 0.2) is 6.61 Å². The minimum absolute atomic E-state index is 0.158. The van der Waals surface area contributed by atoms with E-state index in [2.05, 4.69) is 27.4 Å². The zero-order chi connectivity index (χ0) is 21.8. The highest BCUT2D eigenvalue weighted by molar-refractivity contribution is 5.93. The number of carbonyl (C=O) groups excluding carboxylic acids is 1. The van der Waals surface area contributed by atoms with Gasteiger partial charge in [-0.2, -0.15) is 9.97 Å². The van der Waals surface area contributed by atoms with Crippen molar-refractivity contribution in [3.63, 3.8) is 0 Å². The first-order chi connectivity index (χ1) is 15.0. The van der Waals surface area contributed by atoms with Crippen LogP contribution in [0.5, 0.6) is 5.88 Å². The molecule has 0 aliphatic carbocycles. The molecule has 2 aromatic heterocycles. The maximum absolute atomic E-state index is 13.7. The lowest BCUT2D eigenvalue weighted by Crippen LogP contribution is -2.28. The molecule has 0 aliphatic heterocycles. The number of nitrogens with one attached hydrogen (secondary N) is 1. The lowest BCUT2D eigenvalue weighted by Gasteiger charge is -2.09. The van der Waals surface area contributed by atoms with Gasteiger partial charge in [0, 0.05) is 12.1 Å². The average Bonchev–Trinajstić information content (AvgIpc) is 3.20. The molecule has 0 unspecified atom stereocenters. The van der Waals surface area contributed by atoms with E-state index in [1.165, 1.54) is 17.7 Å². The number of nitrogens with zero attached hydrogens (tertiary/aromatic N) is 3. The van der Waals surface area contributed by atoms with E-state index in [-0.39, 0.29) is 24.1 Å². The van der Waals surface area contributed by atoms with Crippen LogP contribution in [0.25, 0.3) is 22.4 Å². The molecule has 0 saturated heterocycles. The number of ether oxygens (including phenoxy) is 1. The zero-order valence-corrected chi connectivity index (χ0v) is 17.2. The zero-order valence-electron chi connectivity index (χ0n) is 17.2. The Labute approximate surface area is 178 Å². The predicted octanol–water partition coefficient (Wildman–Crippen LogP) is 3.99. The maximum atomic E-state index is 13.7. The van der Waals surface area contributed by atoms with Gasteiger partial charge in [-0.1, -0.05) is 48.5 Å². The van der Waals surface area contributed by atoms with Crippen LogP contribution in [-0.4, -0.2) is 27.6 Å². The molecule has 0 radical (unpaired) electrons. The molecule has 1 N–H and O–H groups in total. The van der Waals surface area contributed by atoms with Crippen molar-refractivity contribution in [2.45, 2.75) is 26.8 Å². The van der Waals surface area contributed by atoms with E-state index in [4.69, 9.17) is 9.26 Å². The summed E-state index contributed by atoms with van der Waals surface area (Å²) >= 11 is 0. The molecule has 158 valence electrons. The summed E-state index contributed by atoms with van der Waals surface area (Å²) in [5.41, 5.74) is 3.29. The number of fused-ring (bicyclic) bond motifs is 1. The van der Waals surface area contributed by atoms with E-state index in [9.17, 15) is 9.18 Å². The van der Waals surface area contributed by atoms with Gasteiger partial charge >= 0.3 is 0 Å². The lowest BCUT2D eigenvalue weighted by molar-refractivity contribution is -0.123. The van der Waals surface area contributed by atoms with Crippen LogP contribution in [-0.2, 0) is 17.8 Å². The number of hydrogen-bond donors (Lipinski definition) is 1. The van der Waals surface area contributed by atoms with Gasteiger partial charge in [0.2, 0.25) is 5.88 Å². The summed E-state index contributed by atoms with van der Waals surface area (Å²) in [6, 6.07) is 14.0. The number of benzene rings is 2. The van der Waals surface area contributed by atoms with Crippen molar-refractivity contribution < 1.29 is 18.4 Å². The third kappa shape index (κ3) is 4.69. The van der Waals surface area contributed by atoms with E-state index in [0.29, 0.717) is 29.0 Å². The van der Waals surface area contributed by atoms with Crippen LogP contribution in [0.3, 0.4) is 0 Å². The highest BCUT2D eigenvalue weighted by Gasteiger charge is 2.20. The standard InChI is InChI=1S/C23H21FN4O3/c1-3-15-7-9-16(10-8-15)12-25-19(29)13-30-22-20-21(17-5-4-6-18(24)11-17)28-31-23(20)27-14(2)26-22/h4-11H,3,12-13H2,1-2H3,(H,25,29). The molecule has 2 aromatic carbocycles. The van der Waals surface area contributed by atoms with Crippen LogP contribution in [0, 0.1) is 12.7 Å². The van der Waals surface area contributed by atoms with Crippen LogP contribution < -0.4 is 10.1 Å². The van der Waals surface area contributed by atoms with Crippen LogP contribution >= 0.6 is 0 Å². The Balaban J connectivity index is 1.49. The smallest absolute Gasteiger partial charge is 0.265 e. The molecule has 7 nitrogen and oxygen atoms in total. The van der Waals surface area contributed by atoms with E-state index < -0.39 is 5.82 Å². The maximum Gasteiger partial charge on any atom is 0.265 e. The van der Waals surface area contributed by atoms with E-state index >= 15 is 0 Å². The number of hydrogen-bond acceptors (Lipinski definition) is 6. The van der Waals surface area contributed by atoms with Crippen molar-refractivity contribution in [2.75, 3.05) is 6.61 Å². The third-order valence-corrected chi connectivity index (χ3v) is 4.77. The Bertz CT molecular complexity index is 1220. The number of carbonyl (C=O) groups is 1. The molecule has 0 fully saturated rings. The molecular weight excluding hydrogens is 399 g/mol. The highest BCUT2D eigenvalue weighted by Crippen LogP contribution is 2.33. The molecule has 4 rings (SSSR count). The predicted molar refractivity (Wildman–Crippen MR) is 113 cm³/mol. The van der Waals surface area contributed by atoms with E-state index in [1.807, 2.05) is 24.3 Å². The lowest BCUT2D eigenvalue weighted by atomic mass is 10.1. The normalized spacial score (nSPS) is 10.9. The van der Waals surface area contributed by atoms with Crippen molar-refractivity contribution in [2.24, 2.45) is 0 Å². The van der Waals surface area contributed by atoms with E-state index in [0.717, 1.165) is 12.0 Å². The molecule has 8 heteroatoms. The molecule has 0 saturated carbocycles. The molecular formula is C23H21FN4O3. The van der Waals surface area contributed by atoms with Crippen LogP contribution in [0.4, 0.5) is 4.39 Å². The first kappa shape index (κ1) is 20.5. The minimum Gasteiger partial charge on any atom is -0.467 e. The largest absolute Gasteiger partial charge is 0.467 e. The Hall–Kier alpha value is -3.81. The number of rotatable bonds is 7. The van der Waals surface area contributed by atoms with Crippen molar-refractivity contribution in [3.8, 4) is 17.1 Å². The van der Waals surface area contributed by atoms with Gasteiger partial charge in [0.25, 0.3) is 11.6 Å². The highest BCUT2D eigenvalue weighted by atomic mass is 19.1. The number of aromatic nitrogens is 3. The van der Waals surface area contributed by atoms with Crippen molar-refractivity contribution in [1.82, 2.24) is 20.4 Å². The van der Waals surface area contributed by atoms with E-state index in [1.54, 1.807) is 19.1 Å². The van der Waals surface area contributed by atoms with Gasteiger partial charge < -0.3 is 14.6 Å². The van der Waals surface area contributed by atoms with Gasteiger partial charge in [0.05, 0.1) is 0 Å². The second-order valence-electron chi connectivity index (χ2n) is 7.03. The number of halogens is 1. The summed E-state index contributed by atoms with van der Waals surface area (Å²) in [7, 11) is 0. The van der Waals surface area contributed by atoms with Crippen LogP contribution in [0.1, 0.15) is 23.9 Å². The summed E-state index contributed by atoms with van der Waals surface area (Å²) in [6.07, 6.45) is 0.966. The number of amides is 1. The Morgan fingerprint density at radius 1 is 1.13 bits per heavy atom. The second-order valence-corrected chi connectivity index (χ2v) is 7.03. The van der Waals surface area contributed by atoms with Gasteiger partial charge in [-0.15, -0.1) is 0 Å². The Morgan fingerprint density at radius 2 is 1.90 bits per heavy atom. The topological polar surface area (TPSA) is 90.1 Å². The molecule has 1 amide bonds. The quantitative estimate of drug-likeness (QED) is 0.486. The fraction of sp³-hybridized carbons (Fsp3) is 0.217. The molecule has 0 atom stereocenters. The number of aryl methyl sites for hydroxylation is 2. The molecule has 0 bridgehead atoms. The molecule has 0 aliphatic rings. The van der Waals surface area contributed by atoms with Gasteiger partial charge in [0.1, 0.15) is 22.7 Å². The monoisotopic (exact) mass is 420 g/mol. The van der Waals surface area contributed by atoms with Crippen LogP contribution in [0.15, 0.2) is 53.1 Å². The van der Waals surface area contributed by atoms with Gasteiger partial charge in [-0.25, -0.2) is 4.39 Å². The third-order valence-electron chi connectivity index (χ3n) is 4.77. The Kier molecular flexibility index (Phi) is 5.88. The van der Waals surface area contributed by atoms with Gasteiger partial charge in [-0.05, 0) is 36.6 Å². The first-order valence-electron chi connectivity index (χ1n) is 9.90. The van der Waals surface area contributed by atoms with Crippen molar-refractivity contribution in [3.05, 3.63) is 71.3 Å². The summed E-state index contributed by atoms with van der Waals surface area (Å²) in [4.78, 5) is 20.8. The van der Waals surface area contributed by atoms with Crippen LogP contribution in [0.2, 0.25) is 0 Å². The summed E-state index contributed by atoms with van der Waals surface area (Å²) in [5.74, 6) is -0.144. The minimum atomic E-state index is -0.407. The first-order valence-corrected chi connectivity index (χ1v) is 9.90. The summed E-state index contributed by atoms with van der Waals surface area (Å²) < 4.78 is 24.6. The SMILES string of the molecule is CCc1ccc(CNC(=O)COc2nc(C)nc3onc(-c4cccc(F)c4)c23)cc1. The second kappa shape index (κ2) is 8.91. The molecule has 2 heterocycles. The summed E-state index contributed by atoms with van der Waals surface area (Å²) in [5, 5.41) is 7.21.